The minimum atomic E-state index is 0.0182. The Labute approximate surface area is 116 Å². The summed E-state index contributed by atoms with van der Waals surface area (Å²) in [6.07, 6.45) is 5.09. The van der Waals surface area contributed by atoms with Crippen molar-refractivity contribution in [3.8, 4) is 0 Å². The summed E-state index contributed by atoms with van der Waals surface area (Å²) in [7, 11) is 0. The van der Waals surface area contributed by atoms with Crippen molar-refractivity contribution >= 4 is 22.3 Å². The molecule has 2 nitrogen and oxygen atoms in total. The summed E-state index contributed by atoms with van der Waals surface area (Å²) in [5.74, 6) is 0.0365. The van der Waals surface area contributed by atoms with E-state index in [0.717, 1.165) is 10.8 Å². The molecule has 0 bridgehead atoms. The highest BCUT2D eigenvalue weighted by molar-refractivity contribution is 6.28. The van der Waals surface area contributed by atoms with Crippen LogP contribution in [0.1, 0.15) is 33.6 Å². The predicted molar refractivity (Wildman–Crippen MR) is 78.0 cm³/mol. The molecule has 0 N–H and O–H groups in total. The summed E-state index contributed by atoms with van der Waals surface area (Å²) in [6, 6.07) is 11.5. The average molecular weight is 260 g/mol. The molecule has 4 rings (SSSR count). The quantitative estimate of drug-likeness (QED) is 0.674. The zero-order chi connectivity index (χ0) is 13.7. The number of Topliss-reactive ketones (excluding diaryl/α,β-unsaturated/α-hetero) is 2. The van der Waals surface area contributed by atoms with Crippen molar-refractivity contribution in [1.82, 2.24) is 0 Å². The Bertz CT molecular complexity index is 769. The molecule has 20 heavy (non-hydrogen) atoms. The SMILES string of the molecule is O=C1C2=C(CC=CC2)C(=O)c2cc3ccccc3cc21. The van der Waals surface area contributed by atoms with Crippen molar-refractivity contribution in [3.63, 3.8) is 0 Å². The molecule has 0 atom stereocenters. The van der Waals surface area contributed by atoms with Gasteiger partial charge in [0.1, 0.15) is 0 Å². The molecule has 0 aromatic heterocycles. The lowest BCUT2D eigenvalue weighted by molar-refractivity contribution is 0.0971. The van der Waals surface area contributed by atoms with Crippen LogP contribution in [0.3, 0.4) is 0 Å². The van der Waals surface area contributed by atoms with Crippen molar-refractivity contribution in [2.75, 3.05) is 0 Å². The number of ketones is 2. The summed E-state index contributed by atoms with van der Waals surface area (Å²) >= 11 is 0. The van der Waals surface area contributed by atoms with E-state index in [1.54, 1.807) is 0 Å². The van der Waals surface area contributed by atoms with Crippen LogP contribution in [0.2, 0.25) is 0 Å². The van der Waals surface area contributed by atoms with Gasteiger partial charge in [-0.3, -0.25) is 9.59 Å². The molecule has 2 aromatic carbocycles. The van der Waals surface area contributed by atoms with Crippen LogP contribution >= 0.6 is 0 Å². The van der Waals surface area contributed by atoms with Gasteiger partial charge in [-0.1, -0.05) is 36.4 Å². The largest absolute Gasteiger partial charge is 0.289 e. The van der Waals surface area contributed by atoms with Crippen molar-refractivity contribution in [2.45, 2.75) is 12.8 Å². The normalized spacial score (nSPS) is 17.4. The molecule has 2 aliphatic carbocycles. The van der Waals surface area contributed by atoms with Crippen LogP contribution in [0.15, 0.2) is 59.7 Å². The molecule has 0 heterocycles. The second-order valence-electron chi connectivity index (χ2n) is 5.24. The molecule has 0 unspecified atom stereocenters. The maximum absolute atomic E-state index is 12.6. The molecule has 0 fully saturated rings. The van der Waals surface area contributed by atoms with Crippen molar-refractivity contribution in [2.24, 2.45) is 0 Å². The van der Waals surface area contributed by atoms with E-state index in [0.29, 0.717) is 35.1 Å². The third kappa shape index (κ3) is 1.45. The van der Waals surface area contributed by atoms with Gasteiger partial charge >= 0.3 is 0 Å². The van der Waals surface area contributed by atoms with E-state index in [9.17, 15) is 9.59 Å². The Hall–Kier alpha value is -2.48. The molecule has 0 aliphatic heterocycles. The van der Waals surface area contributed by atoms with Crippen LogP contribution in [0, 0.1) is 0 Å². The Morgan fingerprint density at radius 1 is 0.700 bits per heavy atom. The highest BCUT2D eigenvalue weighted by atomic mass is 16.1. The van der Waals surface area contributed by atoms with Gasteiger partial charge in [-0.15, -0.1) is 0 Å². The van der Waals surface area contributed by atoms with Gasteiger partial charge in [0.2, 0.25) is 0 Å². The number of hydrogen-bond acceptors (Lipinski definition) is 2. The van der Waals surface area contributed by atoms with Crippen LogP contribution in [0.5, 0.6) is 0 Å². The zero-order valence-corrected chi connectivity index (χ0v) is 10.8. The number of carbonyl (C=O) groups excluding carboxylic acids is 2. The van der Waals surface area contributed by atoms with Crippen LogP contribution in [-0.2, 0) is 0 Å². The summed E-state index contributed by atoms with van der Waals surface area (Å²) in [4.78, 5) is 25.2. The number of fused-ring (bicyclic) bond motifs is 2. The summed E-state index contributed by atoms with van der Waals surface area (Å²) in [6.45, 7) is 0. The monoisotopic (exact) mass is 260 g/mol. The van der Waals surface area contributed by atoms with Gasteiger partial charge in [-0.05, 0) is 35.7 Å². The van der Waals surface area contributed by atoms with Crippen LogP contribution < -0.4 is 0 Å². The molecule has 2 aliphatic rings. The van der Waals surface area contributed by atoms with E-state index in [4.69, 9.17) is 0 Å². The van der Waals surface area contributed by atoms with Crippen LogP contribution in [0.4, 0.5) is 0 Å². The van der Waals surface area contributed by atoms with Gasteiger partial charge in [0, 0.05) is 22.3 Å². The average Bonchev–Trinajstić information content (AvgIpc) is 2.51. The lowest BCUT2D eigenvalue weighted by Gasteiger charge is -2.22. The third-order valence-corrected chi connectivity index (χ3v) is 4.10. The predicted octanol–water partition coefficient (Wildman–Crippen LogP) is 3.87. The first-order valence-electron chi connectivity index (χ1n) is 6.75. The van der Waals surface area contributed by atoms with Gasteiger partial charge in [-0.2, -0.15) is 0 Å². The molecule has 2 aromatic rings. The number of carbonyl (C=O) groups is 2. The van der Waals surface area contributed by atoms with Gasteiger partial charge in [-0.25, -0.2) is 0 Å². The van der Waals surface area contributed by atoms with Crippen molar-refractivity contribution in [3.05, 3.63) is 70.8 Å². The van der Waals surface area contributed by atoms with Crippen LogP contribution in [-0.4, -0.2) is 11.6 Å². The van der Waals surface area contributed by atoms with Crippen molar-refractivity contribution < 1.29 is 9.59 Å². The summed E-state index contributed by atoms with van der Waals surface area (Å²) in [5, 5.41) is 2.01. The van der Waals surface area contributed by atoms with Gasteiger partial charge in [0.25, 0.3) is 0 Å². The first kappa shape index (κ1) is 11.4. The summed E-state index contributed by atoms with van der Waals surface area (Å²) in [5.41, 5.74) is 2.48. The fourth-order valence-electron chi connectivity index (χ4n) is 3.05. The van der Waals surface area contributed by atoms with Gasteiger partial charge < -0.3 is 0 Å². The first-order chi connectivity index (χ1) is 9.75. The second kappa shape index (κ2) is 4.01. The lowest BCUT2D eigenvalue weighted by atomic mass is 9.79. The standard InChI is InChI=1S/C18H12O2/c19-17-13-7-3-4-8-14(13)18(20)16-10-12-6-2-1-5-11(12)9-15(16)17/h1-6,9-10H,7-8H2. The first-order valence-corrected chi connectivity index (χ1v) is 6.75. The maximum Gasteiger partial charge on any atom is 0.190 e. The minimum absolute atomic E-state index is 0.0182. The smallest absolute Gasteiger partial charge is 0.190 e. The van der Waals surface area contributed by atoms with Gasteiger partial charge in [0.15, 0.2) is 11.6 Å². The number of benzene rings is 2. The highest BCUT2D eigenvalue weighted by Crippen LogP contribution is 2.34. The van der Waals surface area contributed by atoms with Crippen molar-refractivity contribution in [1.29, 1.82) is 0 Å². The fourth-order valence-corrected chi connectivity index (χ4v) is 3.05. The Morgan fingerprint density at radius 3 is 1.60 bits per heavy atom. The van der Waals surface area contributed by atoms with E-state index in [2.05, 4.69) is 0 Å². The number of allylic oxidation sites excluding steroid dienone is 4. The van der Waals surface area contributed by atoms with E-state index in [1.165, 1.54) is 0 Å². The number of rotatable bonds is 0. The fraction of sp³-hybridized carbons (Fsp3) is 0.111. The second-order valence-corrected chi connectivity index (χ2v) is 5.24. The molecular weight excluding hydrogens is 248 g/mol. The molecule has 2 heteroatoms. The molecule has 0 saturated heterocycles. The van der Waals surface area contributed by atoms with E-state index in [1.807, 2.05) is 48.6 Å². The van der Waals surface area contributed by atoms with E-state index in [-0.39, 0.29) is 11.6 Å². The minimum Gasteiger partial charge on any atom is -0.289 e. The van der Waals surface area contributed by atoms with Gasteiger partial charge in [0.05, 0.1) is 0 Å². The molecular formula is C18H12O2. The highest BCUT2D eigenvalue weighted by Gasteiger charge is 2.32. The number of hydrogen-bond donors (Lipinski definition) is 0. The Kier molecular flexibility index (Phi) is 2.27. The maximum atomic E-state index is 12.6. The topological polar surface area (TPSA) is 34.1 Å². The Balaban J connectivity index is 2.00. The summed E-state index contributed by atoms with van der Waals surface area (Å²) < 4.78 is 0. The molecule has 96 valence electrons. The lowest BCUT2D eigenvalue weighted by Crippen LogP contribution is -2.23. The van der Waals surface area contributed by atoms with E-state index < -0.39 is 0 Å². The molecule has 0 spiro atoms. The molecule has 0 amide bonds. The third-order valence-electron chi connectivity index (χ3n) is 4.10. The van der Waals surface area contributed by atoms with E-state index >= 15 is 0 Å². The molecule has 0 radical (unpaired) electrons. The Morgan fingerprint density at radius 2 is 1.15 bits per heavy atom. The van der Waals surface area contributed by atoms with Crippen LogP contribution in [0.25, 0.3) is 10.8 Å². The zero-order valence-electron chi connectivity index (χ0n) is 10.8. The molecule has 0 saturated carbocycles.